The molecular weight excluding hydrogens is 364 g/mol. The van der Waals surface area contributed by atoms with E-state index in [-0.39, 0.29) is 6.61 Å². The minimum absolute atomic E-state index is 0.0985. The average Bonchev–Trinajstić information content (AvgIpc) is 2.79. The van der Waals surface area contributed by atoms with Crippen molar-refractivity contribution in [2.45, 2.75) is 23.9 Å². The van der Waals surface area contributed by atoms with Gasteiger partial charge in [0.25, 0.3) is 0 Å². The Bertz CT molecular complexity index is 828. The highest BCUT2D eigenvalue weighted by Gasteiger charge is 2.40. The Labute approximate surface area is 170 Å². The molecule has 0 aromatic heterocycles. The fraction of sp³-hybridized carbons (Fsp3) is 0.200. The van der Waals surface area contributed by atoms with Crippen LogP contribution in [0.5, 0.6) is 0 Å². The summed E-state index contributed by atoms with van der Waals surface area (Å²) < 4.78 is 12.2. The normalized spacial score (nSPS) is 21.5. The van der Waals surface area contributed by atoms with Crippen LogP contribution in [0.2, 0.25) is 0 Å². The summed E-state index contributed by atoms with van der Waals surface area (Å²) in [5, 5.41) is 20.3. The highest BCUT2D eigenvalue weighted by molar-refractivity contribution is 5.47. The topological polar surface area (TPSA) is 58.9 Å². The van der Waals surface area contributed by atoms with Crippen molar-refractivity contribution < 1.29 is 19.7 Å². The number of ether oxygens (including phenoxy) is 2. The highest BCUT2D eigenvalue weighted by atomic mass is 16.6. The zero-order chi connectivity index (χ0) is 20.1. The maximum atomic E-state index is 10.3. The largest absolute Gasteiger partial charge is 0.493 e. The molecule has 4 heteroatoms. The van der Waals surface area contributed by atoms with Crippen LogP contribution >= 0.6 is 0 Å². The SMILES string of the molecule is O[C@H]1[C@H](O)C=CO[C@@H]1COC(c1ccccc1)(c1ccccc1)c1ccccc1. The first-order valence-electron chi connectivity index (χ1n) is 9.70. The fourth-order valence-corrected chi connectivity index (χ4v) is 3.75. The predicted molar refractivity (Wildman–Crippen MR) is 111 cm³/mol. The number of aliphatic hydroxyl groups is 2. The van der Waals surface area contributed by atoms with Crippen molar-refractivity contribution in [1.29, 1.82) is 0 Å². The molecule has 4 rings (SSSR count). The molecule has 1 aliphatic rings. The lowest BCUT2D eigenvalue weighted by Gasteiger charge is -2.38. The molecule has 3 aromatic rings. The van der Waals surface area contributed by atoms with E-state index in [9.17, 15) is 10.2 Å². The Morgan fingerprint density at radius 2 is 1.17 bits per heavy atom. The average molecular weight is 388 g/mol. The first-order valence-corrected chi connectivity index (χ1v) is 9.70. The van der Waals surface area contributed by atoms with Crippen LogP contribution < -0.4 is 0 Å². The molecule has 0 radical (unpaired) electrons. The minimum atomic E-state index is -1.06. The molecule has 1 aliphatic heterocycles. The second-order valence-electron chi connectivity index (χ2n) is 7.07. The van der Waals surface area contributed by atoms with E-state index in [0.717, 1.165) is 16.7 Å². The van der Waals surface area contributed by atoms with Crippen LogP contribution in [0.15, 0.2) is 103 Å². The molecule has 3 aromatic carbocycles. The van der Waals surface area contributed by atoms with Crippen molar-refractivity contribution in [3.63, 3.8) is 0 Å². The highest BCUT2D eigenvalue weighted by Crippen LogP contribution is 2.40. The zero-order valence-electron chi connectivity index (χ0n) is 16.0. The van der Waals surface area contributed by atoms with E-state index < -0.39 is 23.9 Å². The molecule has 1 heterocycles. The van der Waals surface area contributed by atoms with Gasteiger partial charge in [-0.25, -0.2) is 0 Å². The molecule has 0 unspecified atom stereocenters. The van der Waals surface area contributed by atoms with E-state index in [1.807, 2.05) is 91.0 Å². The van der Waals surface area contributed by atoms with Crippen molar-refractivity contribution in [2.24, 2.45) is 0 Å². The molecule has 0 fully saturated rings. The van der Waals surface area contributed by atoms with Gasteiger partial charge in [-0.1, -0.05) is 91.0 Å². The van der Waals surface area contributed by atoms with Crippen molar-refractivity contribution >= 4 is 0 Å². The predicted octanol–water partition coefficient (Wildman–Crippen LogP) is 3.63. The van der Waals surface area contributed by atoms with E-state index >= 15 is 0 Å². The summed E-state index contributed by atoms with van der Waals surface area (Å²) in [5.41, 5.74) is 2.02. The summed E-state index contributed by atoms with van der Waals surface area (Å²) in [6, 6.07) is 30.0. The molecule has 0 saturated carbocycles. The number of rotatable bonds is 6. The summed E-state index contributed by atoms with van der Waals surface area (Å²) in [6.07, 6.45) is 0.142. The van der Waals surface area contributed by atoms with Gasteiger partial charge in [-0.2, -0.15) is 0 Å². The first-order chi connectivity index (χ1) is 14.2. The van der Waals surface area contributed by atoms with Crippen molar-refractivity contribution in [2.75, 3.05) is 6.61 Å². The van der Waals surface area contributed by atoms with Crippen molar-refractivity contribution in [3.05, 3.63) is 120 Å². The van der Waals surface area contributed by atoms with E-state index in [1.165, 1.54) is 12.3 Å². The number of hydrogen-bond donors (Lipinski definition) is 2. The van der Waals surface area contributed by atoms with Crippen LogP contribution in [0.4, 0.5) is 0 Å². The summed E-state index contributed by atoms with van der Waals surface area (Å²) in [4.78, 5) is 0. The summed E-state index contributed by atoms with van der Waals surface area (Å²) >= 11 is 0. The third-order valence-corrected chi connectivity index (χ3v) is 5.26. The van der Waals surface area contributed by atoms with Crippen molar-refractivity contribution in [1.82, 2.24) is 0 Å². The van der Waals surface area contributed by atoms with Crippen LogP contribution in [-0.2, 0) is 15.1 Å². The van der Waals surface area contributed by atoms with Crippen LogP contribution in [0.1, 0.15) is 16.7 Å². The van der Waals surface area contributed by atoms with Gasteiger partial charge in [0.2, 0.25) is 0 Å². The molecular formula is C25H24O4. The van der Waals surface area contributed by atoms with Crippen LogP contribution in [-0.4, -0.2) is 35.1 Å². The van der Waals surface area contributed by atoms with Gasteiger partial charge >= 0.3 is 0 Å². The lowest BCUT2D eigenvalue weighted by Crippen LogP contribution is -2.45. The van der Waals surface area contributed by atoms with E-state index in [2.05, 4.69) is 0 Å². The molecule has 29 heavy (non-hydrogen) atoms. The van der Waals surface area contributed by atoms with Crippen LogP contribution in [0.25, 0.3) is 0 Å². The maximum absolute atomic E-state index is 10.3. The Morgan fingerprint density at radius 3 is 1.62 bits per heavy atom. The van der Waals surface area contributed by atoms with Gasteiger partial charge < -0.3 is 19.7 Å². The third-order valence-electron chi connectivity index (χ3n) is 5.26. The Hall–Kier alpha value is -2.92. The molecule has 0 amide bonds. The van der Waals surface area contributed by atoms with Gasteiger partial charge in [0, 0.05) is 0 Å². The number of benzene rings is 3. The summed E-state index contributed by atoms with van der Waals surface area (Å²) in [5.74, 6) is 0. The van der Waals surface area contributed by atoms with Gasteiger partial charge in [0.15, 0.2) is 0 Å². The summed E-state index contributed by atoms with van der Waals surface area (Å²) in [6.45, 7) is 0.0985. The number of aliphatic hydroxyl groups excluding tert-OH is 2. The van der Waals surface area contributed by atoms with Crippen LogP contribution in [0, 0.1) is 0 Å². The molecule has 3 atom stereocenters. The Morgan fingerprint density at radius 1 is 0.724 bits per heavy atom. The first kappa shape index (κ1) is 19.4. The maximum Gasteiger partial charge on any atom is 0.150 e. The lowest BCUT2D eigenvalue weighted by atomic mass is 9.80. The summed E-state index contributed by atoms with van der Waals surface area (Å²) in [7, 11) is 0. The van der Waals surface area contributed by atoms with Gasteiger partial charge in [0.1, 0.15) is 23.9 Å². The van der Waals surface area contributed by atoms with E-state index in [0.29, 0.717) is 0 Å². The fourth-order valence-electron chi connectivity index (χ4n) is 3.75. The van der Waals surface area contributed by atoms with E-state index in [1.54, 1.807) is 0 Å². The molecule has 4 nitrogen and oxygen atoms in total. The van der Waals surface area contributed by atoms with Crippen LogP contribution in [0.3, 0.4) is 0 Å². The van der Waals surface area contributed by atoms with Crippen molar-refractivity contribution in [3.8, 4) is 0 Å². The zero-order valence-corrected chi connectivity index (χ0v) is 16.0. The Kier molecular flexibility index (Phi) is 5.76. The van der Waals surface area contributed by atoms with Gasteiger partial charge in [0.05, 0.1) is 12.9 Å². The second-order valence-corrected chi connectivity index (χ2v) is 7.07. The quantitative estimate of drug-likeness (QED) is 0.633. The molecule has 0 aliphatic carbocycles. The molecule has 0 bridgehead atoms. The van der Waals surface area contributed by atoms with Gasteiger partial charge in [-0.3, -0.25) is 0 Å². The third kappa shape index (κ3) is 3.83. The smallest absolute Gasteiger partial charge is 0.150 e. The van der Waals surface area contributed by atoms with Gasteiger partial charge in [-0.05, 0) is 22.8 Å². The molecule has 148 valence electrons. The van der Waals surface area contributed by atoms with Gasteiger partial charge in [-0.15, -0.1) is 0 Å². The monoisotopic (exact) mass is 388 g/mol. The molecule has 0 spiro atoms. The standard InChI is InChI=1S/C25H24O4/c26-22-16-17-28-23(24(22)27)18-29-25(19-10-4-1-5-11-19,20-12-6-2-7-13-20)21-14-8-3-9-15-21/h1-17,22-24,26-27H,18H2/t22-,23-,24+/m1/s1. The second kappa shape index (κ2) is 8.62. The molecule has 0 saturated heterocycles. The number of hydrogen-bond acceptors (Lipinski definition) is 4. The lowest BCUT2D eigenvalue weighted by molar-refractivity contribution is -0.115. The van der Waals surface area contributed by atoms with E-state index in [4.69, 9.17) is 9.47 Å². The molecule has 2 N–H and O–H groups in total. The minimum Gasteiger partial charge on any atom is -0.493 e. The Balaban J connectivity index is 1.81.